The fraction of sp³-hybridized carbons (Fsp3) is 0.0870. The van der Waals surface area contributed by atoms with E-state index in [4.69, 9.17) is 14.5 Å². The second-order valence-electron chi connectivity index (χ2n) is 6.35. The van der Waals surface area contributed by atoms with E-state index in [1.54, 1.807) is 43.0 Å². The topological polar surface area (TPSA) is 73.3 Å². The summed E-state index contributed by atoms with van der Waals surface area (Å²) in [4.78, 5) is 21.2. The number of pyridine rings is 1. The zero-order valence-electron chi connectivity index (χ0n) is 16.2. The maximum Gasteiger partial charge on any atom is 0.262 e. The molecule has 0 saturated carbocycles. The lowest BCUT2D eigenvalue weighted by atomic mass is 10.1. The van der Waals surface area contributed by atoms with Crippen LogP contribution in [0.3, 0.4) is 0 Å². The number of hydrogen-bond acceptors (Lipinski definition) is 6. The number of para-hydroxylation sites is 2. The highest BCUT2D eigenvalue weighted by Gasteiger charge is 2.10. The molecule has 4 rings (SSSR count). The highest BCUT2D eigenvalue weighted by Crippen LogP contribution is 2.29. The maximum absolute atomic E-state index is 12.3. The molecular formula is C23H19N3O3S. The fourth-order valence-corrected chi connectivity index (χ4v) is 3.68. The highest BCUT2D eigenvalue weighted by molar-refractivity contribution is 7.13. The lowest BCUT2D eigenvalue weighted by Crippen LogP contribution is -2.20. The largest absolute Gasteiger partial charge is 0.493 e. The van der Waals surface area contributed by atoms with Crippen molar-refractivity contribution in [2.24, 2.45) is 0 Å². The Labute approximate surface area is 178 Å². The second kappa shape index (κ2) is 9.19. The summed E-state index contributed by atoms with van der Waals surface area (Å²) in [5.41, 5.74) is 3.42. The number of methoxy groups -OCH3 is 1. The molecule has 0 spiro atoms. The molecule has 0 bridgehead atoms. The number of thiazole rings is 1. The van der Waals surface area contributed by atoms with Gasteiger partial charge in [0.05, 0.1) is 12.8 Å². The predicted octanol–water partition coefficient (Wildman–Crippen LogP) is 4.90. The van der Waals surface area contributed by atoms with E-state index in [0.717, 1.165) is 21.8 Å². The van der Waals surface area contributed by atoms with Gasteiger partial charge in [0.25, 0.3) is 5.91 Å². The average Bonchev–Trinajstić information content (AvgIpc) is 3.29. The minimum absolute atomic E-state index is 0.119. The first-order chi connectivity index (χ1) is 14.7. The summed E-state index contributed by atoms with van der Waals surface area (Å²) in [5, 5.41) is 5.75. The van der Waals surface area contributed by atoms with Gasteiger partial charge in [0, 0.05) is 34.6 Å². The Morgan fingerprint density at radius 3 is 2.67 bits per heavy atom. The van der Waals surface area contributed by atoms with Crippen LogP contribution in [0, 0.1) is 0 Å². The van der Waals surface area contributed by atoms with E-state index in [0.29, 0.717) is 17.2 Å². The third kappa shape index (κ3) is 4.64. The monoisotopic (exact) mass is 417 g/mol. The van der Waals surface area contributed by atoms with Gasteiger partial charge < -0.3 is 14.8 Å². The molecule has 0 fully saturated rings. The second-order valence-corrected chi connectivity index (χ2v) is 7.21. The Balaban J connectivity index is 1.42. The van der Waals surface area contributed by atoms with Crippen LogP contribution in [-0.2, 0) is 4.79 Å². The molecule has 0 radical (unpaired) electrons. The minimum Gasteiger partial charge on any atom is -0.493 e. The van der Waals surface area contributed by atoms with Crippen LogP contribution in [0.1, 0.15) is 0 Å². The summed E-state index contributed by atoms with van der Waals surface area (Å²) >= 11 is 1.56. The van der Waals surface area contributed by atoms with Crippen molar-refractivity contribution in [1.29, 1.82) is 0 Å². The lowest BCUT2D eigenvalue weighted by molar-refractivity contribution is -0.118. The van der Waals surface area contributed by atoms with Crippen LogP contribution in [0.2, 0.25) is 0 Å². The molecule has 2 heterocycles. The number of rotatable bonds is 7. The number of anilines is 1. The Bertz CT molecular complexity index is 1150. The van der Waals surface area contributed by atoms with Gasteiger partial charge >= 0.3 is 0 Å². The number of nitrogens with zero attached hydrogens (tertiary/aromatic N) is 2. The number of hydrogen-bond donors (Lipinski definition) is 1. The number of aromatic nitrogens is 2. The third-order valence-electron chi connectivity index (χ3n) is 4.28. The van der Waals surface area contributed by atoms with Crippen LogP contribution in [0.4, 0.5) is 5.69 Å². The normalized spacial score (nSPS) is 10.4. The molecule has 30 heavy (non-hydrogen) atoms. The summed E-state index contributed by atoms with van der Waals surface area (Å²) in [6.45, 7) is -0.119. The van der Waals surface area contributed by atoms with Crippen molar-refractivity contribution in [1.82, 2.24) is 9.97 Å². The number of nitrogens with one attached hydrogen (secondary N) is 1. The molecule has 0 aliphatic heterocycles. The smallest absolute Gasteiger partial charge is 0.262 e. The molecular weight excluding hydrogens is 398 g/mol. The van der Waals surface area contributed by atoms with Crippen LogP contribution in [0.15, 0.2) is 78.4 Å². The van der Waals surface area contributed by atoms with E-state index < -0.39 is 0 Å². The van der Waals surface area contributed by atoms with Crippen molar-refractivity contribution in [2.45, 2.75) is 0 Å². The molecule has 4 aromatic rings. The van der Waals surface area contributed by atoms with Crippen LogP contribution in [-0.4, -0.2) is 29.6 Å². The molecule has 0 unspecified atom stereocenters. The minimum atomic E-state index is -0.257. The Morgan fingerprint density at radius 1 is 1.03 bits per heavy atom. The standard InChI is InChI=1S/C23H19N3O3S/c1-28-20-9-2-3-10-21(20)29-14-22(27)25-18-8-4-6-16(12-18)19-15-30-23(26-19)17-7-5-11-24-13-17/h2-13,15H,14H2,1H3,(H,25,27). The lowest BCUT2D eigenvalue weighted by Gasteiger charge is -2.11. The van der Waals surface area contributed by atoms with Crippen molar-refractivity contribution in [2.75, 3.05) is 19.0 Å². The highest BCUT2D eigenvalue weighted by atomic mass is 32.1. The van der Waals surface area contributed by atoms with Crippen molar-refractivity contribution < 1.29 is 14.3 Å². The Morgan fingerprint density at radius 2 is 1.87 bits per heavy atom. The van der Waals surface area contributed by atoms with Gasteiger partial charge in [0.15, 0.2) is 18.1 Å². The number of benzene rings is 2. The first-order valence-corrected chi connectivity index (χ1v) is 10.1. The quantitative estimate of drug-likeness (QED) is 0.463. The predicted molar refractivity (Wildman–Crippen MR) is 118 cm³/mol. The van der Waals surface area contributed by atoms with Gasteiger partial charge in [-0.2, -0.15) is 0 Å². The number of ether oxygens (including phenoxy) is 2. The molecule has 0 aliphatic rings. The summed E-state index contributed by atoms with van der Waals surface area (Å²) in [6.07, 6.45) is 3.53. The molecule has 2 aromatic carbocycles. The zero-order chi connectivity index (χ0) is 20.8. The molecule has 0 atom stereocenters. The fourth-order valence-electron chi connectivity index (χ4n) is 2.86. The molecule has 0 saturated heterocycles. The summed E-state index contributed by atoms with van der Waals surface area (Å²) in [5.74, 6) is 0.849. The van der Waals surface area contributed by atoms with Gasteiger partial charge in [-0.05, 0) is 36.4 Å². The zero-order valence-corrected chi connectivity index (χ0v) is 17.1. The first kappa shape index (κ1) is 19.6. The van der Waals surface area contributed by atoms with Crippen LogP contribution < -0.4 is 14.8 Å². The van der Waals surface area contributed by atoms with E-state index in [9.17, 15) is 4.79 Å². The number of carbonyl (C=O) groups excluding carboxylic acids is 1. The Kier molecular flexibility index (Phi) is 6.01. The van der Waals surface area contributed by atoms with Gasteiger partial charge in [-0.1, -0.05) is 24.3 Å². The molecule has 6 nitrogen and oxygen atoms in total. The van der Waals surface area contributed by atoms with Gasteiger partial charge in [0.2, 0.25) is 0 Å². The van der Waals surface area contributed by atoms with Crippen molar-refractivity contribution in [3.8, 4) is 33.3 Å². The number of carbonyl (C=O) groups is 1. The Hall–Kier alpha value is -3.71. The number of amides is 1. The van der Waals surface area contributed by atoms with E-state index in [1.807, 2.05) is 53.9 Å². The van der Waals surface area contributed by atoms with E-state index in [-0.39, 0.29) is 12.5 Å². The maximum atomic E-state index is 12.3. The van der Waals surface area contributed by atoms with Crippen LogP contribution >= 0.6 is 11.3 Å². The summed E-state index contributed by atoms with van der Waals surface area (Å²) in [7, 11) is 1.56. The molecule has 1 amide bonds. The van der Waals surface area contributed by atoms with Crippen molar-refractivity contribution in [3.63, 3.8) is 0 Å². The SMILES string of the molecule is COc1ccccc1OCC(=O)Nc1cccc(-c2csc(-c3cccnc3)n2)c1. The van der Waals surface area contributed by atoms with E-state index in [2.05, 4.69) is 10.3 Å². The average molecular weight is 417 g/mol. The van der Waals surface area contributed by atoms with E-state index in [1.165, 1.54) is 0 Å². The van der Waals surface area contributed by atoms with Crippen LogP contribution in [0.25, 0.3) is 21.8 Å². The van der Waals surface area contributed by atoms with E-state index >= 15 is 0 Å². The van der Waals surface area contributed by atoms with Crippen LogP contribution in [0.5, 0.6) is 11.5 Å². The molecule has 2 aromatic heterocycles. The van der Waals surface area contributed by atoms with Gasteiger partial charge in [-0.25, -0.2) is 4.98 Å². The van der Waals surface area contributed by atoms with Gasteiger partial charge in [-0.3, -0.25) is 9.78 Å². The third-order valence-corrected chi connectivity index (χ3v) is 5.17. The molecule has 150 valence electrons. The summed E-state index contributed by atoms with van der Waals surface area (Å²) in [6, 6.07) is 18.6. The van der Waals surface area contributed by atoms with Gasteiger partial charge in [0.1, 0.15) is 5.01 Å². The first-order valence-electron chi connectivity index (χ1n) is 9.25. The van der Waals surface area contributed by atoms with Gasteiger partial charge in [-0.15, -0.1) is 11.3 Å². The van der Waals surface area contributed by atoms with Crippen molar-refractivity contribution in [3.05, 3.63) is 78.4 Å². The van der Waals surface area contributed by atoms with Crippen molar-refractivity contribution >= 4 is 22.9 Å². The molecule has 7 heteroatoms. The molecule has 0 aliphatic carbocycles. The molecule has 1 N–H and O–H groups in total. The summed E-state index contributed by atoms with van der Waals surface area (Å²) < 4.78 is 10.8.